The Morgan fingerprint density at radius 3 is 1.79 bits per heavy atom. The van der Waals surface area contributed by atoms with Crippen molar-refractivity contribution in [3.05, 3.63) is 12.2 Å². The molecular weight excluding hydrogens is 298 g/mol. The van der Waals surface area contributed by atoms with E-state index in [2.05, 4.69) is 24.4 Å². The van der Waals surface area contributed by atoms with Crippen molar-refractivity contribution in [2.75, 3.05) is 13.1 Å². The molecule has 0 aliphatic rings. The van der Waals surface area contributed by atoms with Gasteiger partial charge in [-0.2, -0.15) is 0 Å². The number of quaternary nitrogens is 1. The fourth-order valence-corrected chi connectivity index (χ4v) is 2.91. The van der Waals surface area contributed by atoms with E-state index < -0.39 is 5.97 Å². The summed E-state index contributed by atoms with van der Waals surface area (Å²) in [6.07, 6.45) is 23.8. The molecule has 0 aliphatic carbocycles. The second-order valence-corrected chi connectivity index (χ2v) is 6.95. The van der Waals surface area contributed by atoms with Gasteiger partial charge in [-0.05, 0) is 38.5 Å². The highest BCUT2D eigenvalue weighted by molar-refractivity contribution is 5.66. The molecular formula is C21H42NO2+. The largest absolute Gasteiger partial charge is 0.481 e. The normalized spacial score (nSPS) is 11.4. The van der Waals surface area contributed by atoms with Crippen LogP contribution >= 0.6 is 0 Å². The Balaban J connectivity index is 3.06. The molecule has 0 aliphatic heterocycles. The third-order valence-electron chi connectivity index (χ3n) is 4.48. The summed E-state index contributed by atoms with van der Waals surface area (Å²) in [6.45, 7) is 4.07. The standard InChI is InChI=1S/C21H41NO2/c1-2-3-4-5-6-7-8-9-10-11-12-13-14-15-16-17-19-22-20-18-21(23)24/h9-10,22H,2-8,11-20H2,1H3,(H,23,24)/p+1/b10-9-. The smallest absolute Gasteiger partial charge is 0.309 e. The van der Waals surface area contributed by atoms with Crippen LogP contribution in [0.3, 0.4) is 0 Å². The van der Waals surface area contributed by atoms with Crippen LogP contribution in [0.4, 0.5) is 0 Å². The van der Waals surface area contributed by atoms with Gasteiger partial charge in [-0.3, -0.25) is 4.79 Å². The minimum absolute atomic E-state index is 0.284. The highest BCUT2D eigenvalue weighted by Gasteiger charge is 1.98. The zero-order valence-corrected chi connectivity index (χ0v) is 16.1. The molecule has 142 valence electrons. The van der Waals surface area contributed by atoms with Crippen LogP contribution < -0.4 is 5.32 Å². The minimum Gasteiger partial charge on any atom is -0.481 e. The van der Waals surface area contributed by atoms with Gasteiger partial charge < -0.3 is 10.4 Å². The zero-order valence-electron chi connectivity index (χ0n) is 16.1. The van der Waals surface area contributed by atoms with Crippen LogP contribution in [-0.4, -0.2) is 24.2 Å². The first-order chi connectivity index (χ1) is 11.8. The van der Waals surface area contributed by atoms with Gasteiger partial charge in [0.1, 0.15) is 0 Å². The molecule has 0 bridgehead atoms. The van der Waals surface area contributed by atoms with Crippen molar-refractivity contribution in [1.29, 1.82) is 0 Å². The quantitative estimate of drug-likeness (QED) is 0.255. The maximum Gasteiger partial charge on any atom is 0.309 e. The van der Waals surface area contributed by atoms with Crippen LogP contribution in [0.25, 0.3) is 0 Å². The molecule has 3 heteroatoms. The van der Waals surface area contributed by atoms with Crippen molar-refractivity contribution in [2.24, 2.45) is 0 Å². The lowest BCUT2D eigenvalue weighted by Crippen LogP contribution is -2.84. The number of rotatable bonds is 19. The van der Waals surface area contributed by atoms with Crippen molar-refractivity contribution in [1.82, 2.24) is 0 Å². The summed E-state index contributed by atoms with van der Waals surface area (Å²) in [5, 5.41) is 10.7. The molecule has 0 atom stereocenters. The van der Waals surface area contributed by atoms with Crippen molar-refractivity contribution in [3.8, 4) is 0 Å². The van der Waals surface area contributed by atoms with Crippen molar-refractivity contribution < 1.29 is 15.2 Å². The molecule has 0 aromatic rings. The van der Waals surface area contributed by atoms with Gasteiger partial charge in [0, 0.05) is 0 Å². The summed E-state index contributed by atoms with van der Waals surface area (Å²) < 4.78 is 0. The highest BCUT2D eigenvalue weighted by Crippen LogP contribution is 2.09. The molecule has 3 N–H and O–H groups in total. The fraction of sp³-hybridized carbons (Fsp3) is 0.857. The number of unbranched alkanes of at least 4 members (excludes halogenated alkanes) is 12. The number of hydrogen-bond donors (Lipinski definition) is 2. The maximum absolute atomic E-state index is 10.4. The molecule has 0 fully saturated rings. The highest BCUT2D eigenvalue weighted by atomic mass is 16.4. The predicted octanol–water partition coefficient (Wildman–Crippen LogP) is 5.06. The van der Waals surface area contributed by atoms with E-state index in [-0.39, 0.29) is 6.42 Å². The summed E-state index contributed by atoms with van der Waals surface area (Å²) in [5.41, 5.74) is 0. The van der Waals surface area contributed by atoms with Crippen LogP contribution in [0.5, 0.6) is 0 Å². The van der Waals surface area contributed by atoms with E-state index >= 15 is 0 Å². The number of hydrogen-bond acceptors (Lipinski definition) is 1. The van der Waals surface area contributed by atoms with E-state index in [1.54, 1.807) is 0 Å². The molecule has 0 amide bonds. The second kappa shape index (κ2) is 20.2. The average Bonchev–Trinajstić information content (AvgIpc) is 2.56. The van der Waals surface area contributed by atoms with Gasteiger partial charge in [0.25, 0.3) is 0 Å². The molecule has 0 saturated heterocycles. The molecule has 0 unspecified atom stereocenters. The van der Waals surface area contributed by atoms with E-state index in [0.29, 0.717) is 0 Å². The number of carboxylic acids is 1. The van der Waals surface area contributed by atoms with Crippen LogP contribution in [0.1, 0.15) is 103 Å². The molecule has 0 spiro atoms. The number of nitrogens with two attached hydrogens (primary N) is 1. The molecule has 0 saturated carbocycles. The van der Waals surface area contributed by atoms with E-state index in [0.717, 1.165) is 13.1 Å². The van der Waals surface area contributed by atoms with Gasteiger partial charge in [-0.15, -0.1) is 0 Å². The molecule has 0 aromatic carbocycles. The molecule has 0 rings (SSSR count). The predicted molar refractivity (Wildman–Crippen MR) is 103 cm³/mol. The summed E-state index contributed by atoms with van der Waals surface area (Å²) in [5.74, 6) is -0.688. The Morgan fingerprint density at radius 1 is 0.750 bits per heavy atom. The number of allylic oxidation sites excluding steroid dienone is 2. The molecule has 24 heavy (non-hydrogen) atoms. The van der Waals surface area contributed by atoms with Gasteiger partial charge in [0.2, 0.25) is 0 Å². The Hall–Kier alpha value is -0.830. The molecule has 3 nitrogen and oxygen atoms in total. The lowest BCUT2D eigenvalue weighted by Gasteiger charge is -2.01. The lowest BCUT2D eigenvalue weighted by molar-refractivity contribution is -0.654. The monoisotopic (exact) mass is 340 g/mol. The SMILES string of the molecule is CCCCCCCC/C=C\CCCCCCCC[NH2+]CCC(=O)O. The van der Waals surface area contributed by atoms with Crippen molar-refractivity contribution >= 4 is 5.97 Å². The number of carboxylic acid groups (broad SMARTS) is 1. The van der Waals surface area contributed by atoms with Crippen LogP contribution in [0.2, 0.25) is 0 Å². The van der Waals surface area contributed by atoms with Crippen LogP contribution in [-0.2, 0) is 4.79 Å². The molecule has 0 aromatic heterocycles. The second-order valence-electron chi connectivity index (χ2n) is 6.95. The van der Waals surface area contributed by atoms with Crippen LogP contribution in [0.15, 0.2) is 12.2 Å². The topological polar surface area (TPSA) is 53.9 Å². The van der Waals surface area contributed by atoms with Crippen molar-refractivity contribution in [3.63, 3.8) is 0 Å². The van der Waals surface area contributed by atoms with Gasteiger partial charge in [-0.1, -0.05) is 70.4 Å². The van der Waals surface area contributed by atoms with E-state index in [1.807, 2.05) is 0 Å². The molecule has 0 radical (unpaired) electrons. The van der Waals surface area contributed by atoms with Gasteiger partial charge in [-0.25, -0.2) is 0 Å². The minimum atomic E-state index is -0.688. The van der Waals surface area contributed by atoms with Gasteiger partial charge >= 0.3 is 5.97 Å². The summed E-state index contributed by atoms with van der Waals surface area (Å²) in [4.78, 5) is 10.4. The Labute approximate surface area is 150 Å². The number of carbonyl (C=O) groups is 1. The Morgan fingerprint density at radius 2 is 1.25 bits per heavy atom. The summed E-state index contributed by atoms with van der Waals surface area (Å²) in [7, 11) is 0. The number of aliphatic carboxylic acids is 1. The maximum atomic E-state index is 10.4. The van der Waals surface area contributed by atoms with E-state index in [1.165, 1.54) is 89.9 Å². The third kappa shape index (κ3) is 21.2. The van der Waals surface area contributed by atoms with E-state index in [9.17, 15) is 4.79 Å². The van der Waals surface area contributed by atoms with Crippen molar-refractivity contribution in [2.45, 2.75) is 103 Å². The average molecular weight is 341 g/mol. The van der Waals surface area contributed by atoms with E-state index in [4.69, 9.17) is 5.11 Å². The van der Waals surface area contributed by atoms with Gasteiger partial charge in [0.05, 0.1) is 19.5 Å². The van der Waals surface area contributed by atoms with Gasteiger partial charge in [0.15, 0.2) is 0 Å². The lowest BCUT2D eigenvalue weighted by atomic mass is 10.1. The Bertz CT molecular complexity index is 290. The first-order valence-corrected chi connectivity index (χ1v) is 10.5. The summed E-state index contributed by atoms with van der Waals surface area (Å²) in [6, 6.07) is 0. The first kappa shape index (κ1) is 23.2. The summed E-state index contributed by atoms with van der Waals surface area (Å²) >= 11 is 0. The Kier molecular flexibility index (Phi) is 19.5. The van der Waals surface area contributed by atoms with Crippen LogP contribution in [0, 0.1) is 0 Å². The fourth-order valence-electron chi connectivity index (χ4n) is 2.91. The third-order valence-corrected chi connectivity index (χ3v) is 4.48. The first-order valence-electron chi connectivity index (χ1n) is 10.5. The molecule has 0 heterocycles. The zero-order chi connectivity index (χ0) is 17.7.